The van der Waals surface area contributed by atoms with E-state index in [4.69, 9.17) is 4.74 Å². The quantitative estimate of drug-likeness (QED) is 0.748. The maximum atomic E-state index is 13.9. The summed E-state index contributed by atoms with van der Waals surface area (Å²) in [5.41, 5.74) is 0.201. The Kier molecular flexibility index (Phi) is 4.50. The highest BCUT2D eigenvalue weighted by molar-refractivity contribution is 9.10. The van der Waals surface area contributed by atoms with E-state index in [-0.39, 0.29) is 21.8 Å². The number of rotatable bonds is 2. The molecule has 5 heteroatoms. The van der Waals surface area contributed by atoms with E-state index in [2.05, 4.69) is 21.2 Å². The van der Waals surface area contributed by atoms with E-state index in [1.807, 2.05) is 0 Å². The first-order valence-corrected chi connectivity index (χ1v) is 8.42. The molecule has 1 N–H and O–H groups in total. The summed E-state index contributed by atoms with van der Waals surface area (Å²) in [6.07, 6.45) is 7.56. The fourth-order valence-corrected chi connectivity index (χ4v) is 3.86. The highest BCUT2D eigenvalue weighted by atomic mass is 79.9. The second kappa shape index (κ2) is 6.21. The van der Waals surface area contributed by atoms with Crippen LogP contribution in [0.3, 0.4) is 0 Å². The van der Waals surface area contributed by atoms with Crippen molar-refractivity contribution >= 4 is 21.6 Å². The molecule has 1 heterocycles. The second-order valence-corrected chi connectivity index (χ2v) is 7.03. The molecule has 1 aliphatic carbocycles. The first kappa shape index (κ1) is 15.2. The van der Waals surface area contributed by atoms with Gasteiger partial charge >= 0.3 is 0 Å². The minimum atomic E-state index is -0.446. The molecule has 0 bridgehead atoms. The smallest absolute Gasteiger partial charge is 0.147 e. The van der Waals surface area contributed by atoms with E-state index in [0.717, 1.165) is 25.7 Å². The predicted molar refractivity (Wildman–Crippen MR) is 82.5 cm³/mol. The van der Waals surface area contributed by atoms with Gasteiger partial charge in [0.1, 0.15) is 11.6 Å². The van der Waals surface area contributed by atoms with Gasteiger partial charge in [-0.1, -0.05) is 19.3 Å². The summed E-state index contributed by atoms with van der Waals surface area (Å²) in [5.74, 6) is -0.870. The van der Waals surface area contributed by atoms with E-state index in [1.165, 1.54) is 31.4 Å². The molecule has 0 aromatic heterocycles. The zero-order valence-electron chi connectivity index (χ0n) is 11.9. The Morgan fingerprint density at radius 3 is 2.67 bits per heavy atom. The molecule has 0 amide bonds. The maximum Gasteiger partial charge on any atom is 0.147 e. The van der Waals surface area contributed by atoms with Crippen LogP contribution in [0.15, 0.2) is 16.6 Å². The minimum absolute atomic E-state index is 0.0431. The van der Waals surface area contributed by atoms with Crippen molar-refractivity contribution in [3.8, 4) is 0 Å². The molecule has 2 aliphatic rings. The molecule has 2 nitrogen and oxygen atoms in total. The second-order valence-electron chi connectivity index (χ2n) is 6.17. The summed E-state index contributed by atoms with van der Waals surface area (Å²) in [7, 11) is 0. The summed E-state index contributed by atoms with van der Waals surface area (Å²) >= 11 is 3.00. The molecule has 1 spiro atoms. The molecule has 1 aromatic rings. The SMILES string of the molecule is Fc1cc(NC2CCOC3(CCCCC3)C2)c(F)cc1Br. The minimum Gasteiger partial charge on any atom is -0.380 e. The molecule has 1 saturated heterocycles. The van der Waals surface area contributed by atoms with Crippen molar-refractivity contribution in [1.82, 2.24) is 0 Å². The third-order valence-corrected chi connectivity index (χ3v) is 5.24. The lowest BCUT2D eigenvalue weighted by atomic mass is 9.78. The molecule has 1 aromatic carbocycles. The number of halogens is 3. The van der Waals surface area contributed by atoms with Crippen molar-refractivity contribution in [3.05, 3.63) is 28.2 Å². The van der Waals surface area contributed by atoms with Gasteiger partial charge in [-0.05, 0) is 47.7 Å². The molecular weight excluding hydrogens is 340 g/mol. The maximum absolute atomic E-state index is 13.9. The lowest BCUT2D eigenvalue weighted by molar-refractivity contribution is -0.103. The fraction of sp³-hybridized carbons (Fsp3) is 0.625. The molecule has 116 valence electrons. The fourth-order valence-electron chi connectivity index (χ4n) is 3.55. The third-order valence-electron chi connectivity index (χ3n) is 4.63. The van der Waals surface area contributed by atoms with Gasteiger partial charge in [-0.15, -0.1) is 0 Å². The van der Waals surface area contributed by atoms with Crippen LogP contribution in [0.5, 0.6) is 0 Å². The number of hydrogen-bond donors (Lipinski definition) is 1. The van der Waals surface area contributed by atoms with Crippen molar-refractivity contribution in [1.29, 1.82) is 0 Å². The number of nitrogens with one attached hydrogen (secondary N) is 1. The molecule has 1 atom stereocenters. The van der Waals surface area contributed by atoms with E-state index in [9.17, 15) is 8.78 Å². The van der Waals surface area contributed by atoms with E-state index >= 15 is 0 Å². The van der Waals surface area contributed by atoms with Gasteiger partial charge in [0.2, 0.25) is 0 Å². The van der Waals surface area contributed by atoms with E-state index < -0.39 is 11.6 Å². The summed E-state index contributed by atoms with van der Waals surface area (Å²) < 4.78 is 33.7. The standard InChI is InChI=1S/C16H20BrF2NO/c17-12-8-14(19)15(9-13(12)18)20-11-4-7-21-16(10-11)5-2-1-3-6-16/h8-9,11,20H,1-7,10H2. The molecule has 3 rings (SSSR count). The number of ether oxygens (including phenoxy) is 1. The van der Waals surface area contributed by atoms with Gasteiger partial charge in [0.05, 0.1) is 15.8 Å². The Hall–Kier alpha value is -0.680. The average Bonchev–Trinajstić information content (AvgIpc) is 2.46. The third kappa shape index (κ3) is 3.39. The van der Waals surface area contributed by atoms with Gasteiger partial charge < -0.3 is 10.1 Å². The predicted octanol–water partition coefficient (Wildman–Crippen LogP) is 5.02. The van der Waals surface area contributed by atoms with Crippen LogP contribution in [0.2, 0.25) is 0 Å². The van der Waals surface area contributed by atoms with Crippen LogP contribution in [0.25, 0.3) is 0 Å². The van der Waals surface area contributed by atoms with E-state index in [1.54, 1.807) is 0 Å². The van der Waals surface area contributed by atoms with E-state index in [0.29, 0.717) is 6.61 Å². The Morgan fingerprint density at radius 1 is 1.14 bits per heavy atom. The molecule has 1 saturated carbocycles. The molecule has 21 heavy (non-hydrogen) atoms. The summed E-state index contributed by atoms with van der Waals surface area (Å²) in [4.78, 5) is 0. The number of hydrogen-bond acceptors (Lipinski definition) is 2. The van der Waals surface area contributed by atoms with Crippen molar-refractivity contribution < 1.29 is 13.5 Å². The van der Waals surface area contributed by atoms with Crippen LogP contribution < -0.4 is 5.32 Å². The molecule has 2 fully saturated rings. The number of benzene rings is 1. The number of anilines is 1. The highest BCUT2D eigenvalue weighted by Crippen LogP contribution is 2.39. The zero-order valence-corrected chi connectivity index (χ0v) is 13.5. The Balaban J connectivity index is 1.71. The topological polar surface area (TPSA) is 21.3 Å². The lowest BCUT2D eigenvalue weighted by Crippen LogP contribution is -2.45. The van der Waals surface area contributed by atoms with Crippen molar-refractivity contribution in [2.24, 2.45) is 0 Å². The Morgan fingerprint density at radius 2 is 1.90 bits per heavy atom. The molecule has 0 radical (unpaired) electrons. The summed E-state index contributed by atoms with van der Waals surface area (Å²) in [5, 5.41) is 3.17. The Labute approximate surface area is 132 Å². The average molecular weight is 360 g/mol. The lowest BCUT2D eigenvalue weighted by Gasteiger charge is -2.44. The van der Waals surface area contributed by atoms with Crippen LogP contribution in [0.1, 0.15) is 44.9 Å². The zero-order chi connectivity index (χ0) is 14.9. The van der Waals surface area contributed by atoms with Crippen molar-refractivity contribution in [2.75, 3.05) is 11.9 Å². The largest absolute Gasteiger partial charge is 0.380 e. The monoisotopic (exact) mass is 359 g/mol. The van der Waals surface area contributed by atoms with Gasteiger partial charge in [0.25, 0.3) is 0 Å². The van der Waals surface area contributed by atoms with Gasteiger partial charge in [0.15, 0.2) is 0 Å². The first-order chi connectivity index (χ1) is 10.1. The van der Waals surface area contributed by atoms with Crippen molar-refractivity contribution in [3.63, 3.8) is 0 Å². The first-order valence-electron chi connectivity index (χ1n) is 7.63. The van der Waals surface area contributed by atoms with Gasteiger partial charge in [0, 0.05) is 18.7 Å². The van der Waals surface area contributed by atoms with Crippen LogP contribution in [0.4, 0.5) is 14.5 Å². The van der Waals surface area contributed by atoms with Crippen molar-refractivity contribution in [2.45, 2.75) is 56.6 Å². The highest BCUT2D eigenvalue weighted by Gasteiger charge is 2.38. The molecular formula is C16H20BrF2NO. The van der Waals surface area contributed by atoms with Crippen LogP contribution in [-0.2, 0) is 4.74 Å². The normalized spacial score (nSPS) is 25.0. The van der Waals surface area contributed by atoms with Gasteiger partial charge in [-0.3, -0.25) is 0 Å². The van der Waals surface area contributed by atoms with Gasteiger partial charge in [-0.25, -0.2) is 8.78 Å². The molecule has 1 unspecified atom stereocenters. The van der Waals surface area contributed by atoms with Crippen LogP contribution >= 0.6 is 15.9 Å². The summed E-state index contributed by atoms with van der Waals surface area (Å²) in [6, 6.07) is 2.54. The Bertz CT molecular complexity index is 512. The van der Waals surface area contributed by atoms with Crippen LogP contribution in [0, 0.1) is 11.6 Å². The van der Waals surface area contributed by atoms with Gasteiger partial charge in [-0.2, -0.15) is 0 Å². The summed E-state index contributed by atoms with van der Waals surface area (Å²) in [6.45, 7) is 0.693. The molecule has 1 aliphatic heterocycles. The van der Waals surface area contributed by atoms with Crippen LogP contribution in [-0.4, -0.2) is 18.2 Å².